The number of nitrogens with zero attached hydrogens (tertiary/aromatic N) is 1. The van der Waals surface area contributed by atoms with E-state index in [-0.39, 0.29) is 6.54 Å². The first-order valence-electron chi connectivity index (χ1n) is 3.01. The Morgan fingerprint density at radius 2 is 2.09 bits per heavy atom. The summed E-state index contributed by atoms with van der Waals surface area (Å²) in [5.74, 6) is 0. The Balaban J connectivity index is 3.98. The molecule has 11 heavy (non-hydrogen) atoms. The van der Waals surface area contributed by atoms with Crippen LogP contribution < -0.4 is 0 Å². The largest absolute Gasteiger partial charge is 0.324 e. The van der Waals surface area contributed by atoms with Gasteiger partial charge in [0.2, 0.25) is 0 Å². The molecule has 0 heterocycles. The highest BCUT2D eigenvalue weighted by molar-refractivity contribution is 6.62. The summed E-state index contributed by atoms with van der Waals surface area (Å²) >= 11 is 16.0. The van der Waals surface area contributed by atoms with Crippen LogP contribution in [-0.2, 0) is 0 Å². The van der Waals surface area contributed by atoms with Crippen LogP contribution in [0, 0.1) is 0 Å². The molecule has 0 radical (unpaired) electrons. The molecule has 0 aliphatic carbocycles. The van der Waals surface area contributed by atoms with Gasteiger partial charge < -0.3 is 4.90 Å². The number of amides is 1. The molecule has 1 amide bonds. The topological polar surface area (TPSA) is 20.3 Å². The summed E-state index contributed by atoms with van der Waals surface area (Å²) in [4.78, 5) is 12.0. The van der Waals surface area contributed by atoms with E-state index >= 15 is 0 Å². The van der Waals surface area contributed by atoms with E-state index in [1.165, 1.54) is 10.4 Å². The van der Waals surface area contributed by atoms with E-state index in [2.05, 4.69) is 0 Å². The standard InChI is InChI=1S/C6H8Cl3NO/c1-2-10(6(9)11)4-5(8)3-7/h3H,2,4H2,1H3. The first kappa shape index (κ1) is 11.1. The van der Waals surface area contributed by atoms with Gasteiger partial charge in [-0.25, -0.2) is 0 Å². The molecule has 0 aliphatic rings. The van der Waals surface area contributed by atoms with Crippen LogP contribution in [0.25, 0.3) is 0 Å². The van der Waals surface area contributed by atoms with Crippen molar-refractivity contribution in [2.75, 3.05) is 13.1 Å². The van der Waals surface area contributed by atoms with E-state index in [0.29, 0.717) is 11.6 Å². The van der Waals surface area contributed by atoms with Crippen LogP contribution in [0.2, 0.25) is 0 Å². The third kappa shape index (κ3) is 4.51. The zero-order chi connectivity index (χ0) is 8.85. The summed E-state index contributed by atoms with van der Waals surface area (Å²) in [6, 6.07) is 0. The Kier molecular flexibility index (Phi) is 5.74. The lowest BCUT2D eigenvalue weighted by Gasteiger charge is -2.15. The summed E-state index contributed by atoms with van der Waals surface area (Å²) in [6.07, 6.45) is 0. The van der Waals surface area contributed by atoms with Crippen molar-refractivity contribution < 1.29 is 4.79 Å². The van der Waals surface area contributed by atoms with Gasteiger partial charge in [0.05, 0.1) is 6.54 Å². The molecule has 0 N–H and O–H groups in total. The van der Waals surface area contributed by atoms with E-state index in [1.54, 1.807) is 6.92 Å². The Morgan fingerprint density at radius 1 is 1.55 bits per heavy atom. The van der Waals surface area contributed by atoms with Crippen LogP contribution >= 0.6 is 34.8 Å². The van der Waals surface area contributed by atoms with Gasteiger partial charge in [-0.3, -0.25) is 4.79 Å². The molecule has 0 aliphatic heterocycles. The van der Waals surface area contributed by atoms with E-state index in [1.807, 2.05) is 0 Å². The van der Waals surface area contributed by atoms with E-state index in [4.69, 9.17) is 34.8 Å². The Labute approximate surface area is 80.7 Å². The highest BCUT2D eigenvalue weighted by Gasteiger charge is 2.08. The first-order valence-corrected chi connectivity index (χ1v) is 4.20. The van der Waals surface area contributed by atoms with Crippen molar-refractivity contribution in [3.05, 3.63) is 10.6 Å². The Morgan fingerprint density at radius 3 is 2.36 bits per heavy atom. The van der Waals surface area contributed by atoms with Gasteiger partial charge in [-0.05, 0) is 18.5 Å². The molecule has 0 bridgehead atoms. The van der Waals surface area contributed by atoms with Gasteiger partial charge in [0.15, 0.2) is 0 Å². The number of rotatable bonds is 3. The van der Waals surface area contributed by atoms with Crippen molar-refractivity contribution in [3.63, 3.8) is 0 Å². The van der Waals surface area contributed by atoms with Crippen LogP contribution in [0.1, 0.15) is 6.92 Å². The van der Waals surface area contributed by atoms with Gasteiger partial charge in [0, 0.05) is 17.1 Å². The van der Waals surface area contributed by atoms with Crippen LogP contribution in [-0.4, -0.2) is 23.4 Å². The van der Waals surface area contributed by atoms with Gasteiger partial charge in [-0.2, -0.15) is 0 Å². The van der Waals surface area contributed by atoms with Crippen molar-refractivity contribution in [1.29, 1.82) is 0 Å². The number of likely N-dealkylation sites (N-methyl/N-ethyl adjacent to an activating group) is 1. The van der Waals surface area contributed by atoms with E-state index in [9.17, 15) is 4.79 Å². The average Bonchev–Trinajstić information content (AvgIpc) is 1.99. The van der Waals surface area contributed by atoms with Crippen molar-refractivity contribution in [3.8, 4) is 0 Å². The minimum Gasteiger partial charge on any atom is -0.324 e. The lowest BCUT2D eigenvalue weighted by atomic mass is 10.5. The van der Waals surface area contributed by atoms with Crippen LogP contribution in [0.5, 0.6) is 0 Å². The van der Waals surface area contributed by atoms with Crippen LogP contribution in [0.3, 0.4) is 0 Å². The summed E-state index contributed by atoms with van der Waals surface area (Å²) in [5.41, 5.74) is 1.21. The summed E-state index contributed by atoms with van der Waals surface area (Å²) < 4.78 is 0. The molecule has 0 atom stereocenters. The maximum Gasteiger partial charge on any atom is 0.316 e. The second kappa shape index (κ2) is 5.70. The van der Waals surface area contributed by atoms with Crippen molar-refractivity contribution in [1.82, 2.24) is 4.90 Å². The van der Waals surface area contributed by atoms with Crippen molar-refractivity contribution >= 4 is 40.2 Å². The fourth-order valence-electron chi connectivity index (χ4n) is 0.515. The molecule has 0 fully saturated rings. The number of halogens is 3. The first-order chi connectivity index (χ1) is 5.11. The number of hydrogen-bond donors (Lipinski definition) is 0. The molecule has 0 aromatic rings. The summed E-state index contributed by atoms with van der Waals surface area (Å²) in [5, 5.41) is -0.133. The molecule has 0 rings (SSSR count). The minimum atomic E-state index is -0.524. The maximum atomic E-state index is 10.6. The average molecular weight is 216 g/mol. The van der Waals surface area contributed by atoms with Gasteiger partial charge in [0.1, 0.15) is 0 Å². The minimum absolute atomic E-state index is 0.268. The third-order valence-corrected chi connectivity index (χ3v) is 1.93. The highest BCUT2D eigenvalue weighted by atomic mass is 35.5. The lowest BCUT2D eigenvalue weighted by Crippen LogP contribution is -2.26. The SMILES string of the molecule is CCN(CC(Cl)=CCl)C(=O)Cl. The molecule has 0 spiro atoms. The van der Waals surface area contributed by atoms with Gasteiger partial charge in [-0.15, -0.1) is 0 Å². The monoisotopic (exact) mass is 215 g/mol. The molecule has 0 unspecified atom stereocenters. The number of hydrogen-bond acceptors (Lipinski definition) is 1. The molecule has 5 heteroatoms. The number of carbonyl (C=O) groups is 1. The molecule has 0 aromatic carbocycles. The predicted octanol–water partition coefficient (Wildman–Crippen LogP) is 2.99. The fraction of sp³-hybridized carbons (Fsp3) is 0.500. The maximum absolute atomic E-state index is 10.6. The quantitative estimate of drug-likeness (QED) is 0.525. The fourth-order valence-corrected chi connectivity index (χ4v) is 0.908. The highest BCUT2D eigenvalue weighted by Crippen LogP contribution is 2.07. The molecular formula is C6H8Cl3NO. The molecule has 0 aromatic heterocycles. The Hall–Kier alpha value is 0.0800. The zero-order valence-electron chi connectivity index (χ0n) is 5.98. The predicted molar refractivity (Wildman–Crippen MR) is 48.3 cm³/mol. The van der Waals surface area contributed by atoms with Gasteiger partial charge >= 0.3 is 5.37 Å². The molecule has 0 saturated carbocycles. The second-order valence-electron chi connectivity index (χ2n) is 1.82. The molecule has 64 valence electrons. The van der Waals surface area contributed by atoms with Crippen molar-refractivity contribution in [2.45, 2.75) is 6.92 Å². The smallest absolute Gasteiger partial charge is 0.316 e. The van der Waals surface area contributed by atoms with Crippen LogP contribution in [0.15, 0.2) is 10.6 Å². The van der Waals surface area contributed by atoms with Crippen molar-refractivity contribution in [2.24, 2.45) is 0 Å². The number of carbonyl (C=O) groups excluding carboxylic acids is 1. The second-order valence-corrected chi connectivity index (χ2v) is 2.85. The van der Waals surface area contributed by atoms with Gasteiger partial charge in [-0.1, -0.05) is 23.2 Å². The van der Waals surface area contributed by atoms with E-state index < -0.39 is 5.37 Å². The normalized spacial score (nSPS) is 11.5. The summed E-state index contributed by atoms with van der Waals surface area (Å²) in [7, 11) is 0. The van der Waals surface area contributed by atoms with Gasteiger partial charge in [0.25, 0.3) is 0 Å². The van der Waals surface area contributed by atoms with Crippen LogP contribution in [0.4, 0.5) is 4.79 Å². The molecule has 0 saturated heterocycles. The third-order valence-electron chi connectivity index (χ3n) is 1.09. The molecule has 2 nitrogen and oxygen atoms in total. The summed E-state index contributed by atoms with van der Waals surface area (Å²) in [6.45, 7) is 2.59. The zero-order valence-corrected chi connectivity index (χ0v) is 8.25. The molecular weight excluding hydrogens is 208 g/mol. The Bertz CT molecular complexity index is 169. The lowest BCUT2D eigenvalue weighted by molar-refractivity contribution is 0.229. The van der Waals surface area contributed by atoms with E-state index in [0.717, 1.165) is 0 Å².